The maximum Gasteiger partial charge on any atom is 0.313 e. The van der Waals surface area contributed by atoms with Gasteiger partial charge in [-0.25, -0.2) is 0 Å². The van der Waals surface area contributed by atoms with Crippen LogP contribution in [-0.2, 0) is 9.53 Å². The van der Waals surface area contributed by atoms with Crippen molar-refractivity contribution in [1.29, 1.82) is 0 Å². The summed E-state index contributed by atoms with van der Waals surface area (Å²) in [5.74, 6) is -0.510. The number of allylic oxidation sites excluding steroid dienone is 1. The molecule has 2 heteroatoms. The van der Waals surface area contributed by atoms with Crippen molar-refractivity contribution in [3.05, 3.63) is 30.0 Å². The minimum absolute atomic E-state index is 0.0442. The van der Waals surface area contributed by atoms with Gasteiger partial charge in [-0.1, -0.05) is 33.8 Å². The van der Waals surface area contributed by atoms with E-state index in [1.54, 1.807) is 12.2 Å². The van der Waals surface area contributed by atoms with Crippen LogP contribution in [0, 0.1) is 17.3 Å². The molecule has 0 aromatic heterocycles. The van der Waals surface area contributed by atoms with Crippen LogP contribution in [-0.4, -0.2) is 13.1 Å². The lowest BCUT2D eigenvalue weighted by Gasteiger charge is -2.18. The first kappa shape index (κ1) is 15.7. The van der Waals surface area contributed by atoms with E-state index in [4.69, 9.17) is 4.74 Å². The quantitative estimate of drug-likeness (QED) is 0.422. The molecule has 0 spiro atoms. The summed E-state index contributed by atoms with van der Waals surface area (Å²) in [7, 11) is 1.40. The lowest BCUT2D eigenvalue weighted by atomic mass is 9.87. The Kier molecular flexibility index (Phi) is 5.98. The topological polar surface area (TPSA) is 26.3 Å². The molecule has 0 saturated heterocycles. The molecule has 0 fully saturated rings. The molecule has 0 aliphatic carbocycles. The van der Waals surface area contributed by atoms with Crippen molar-refractivity contribution < 1.29 is 9.53 Å². The summed E-state index contributed by atoms with van der Waals surface area (Å²) in [5.41, 5.74) is 4.37. The number of esters is 1. The summed E-state index contributed by atoms with van der Waals surface area (Å²) in [5, 5.41) is 0. The van der Waals surface area contributed by atoms with E-state index in [9.17, 15) is 4.79 Å². The zero-order chi connectivity index (χ0) is 13.6. The van der Waals surface area contributed by atoms with E-state index in [1.807, 2.05) is 13.8 Å². The van der Waals surface area contributed by atoms with Gasteiger partial charge in [-0.05, 0) is 29.9 Å². The van der Waals surface area contributed by atoms with Gasteiger partial charge in [-0.3, -0.25) is 4.79 Å². The molecule has 0 N–H and O–H groups in total. The third-order valence-corrected chi connectivity index (χ3v) is 3.02. The maximum absolute atomic E-state index is 11.6. The number of hydrogen-bond donors (Lipinski definition) is 0. The van der Waals surface area contributed by atoms with Crippen molar-refractivity contribution in [3.8, 4) is 0 Å². The minimum atomic E-state index is -0.310. The number of rotatable bonds is 4. The molecule has 0 aliphatic rings. The fourth-order valence-corrected chi connectivity index (χ4v) is 1.15. The molecule has 0 saturated carbocycles. The second-order valence-electron chi connectivity index (χ2n) is 5.33. The SMILES string of the molecule is C=CC(C)C(C=C=C(C)C(C)(C)C)C(=O)OC. The molecule has 0 aliphatic heterocycles. The van der Waals surface area contributed by atoms with Gasteiger partial charge in [0.15, 0.2) is 0 Å². The van der Waals surface area contributed by atoms with Gasteiger partial charge in [-0.15, -0.1) is 12.3 Å². The lowest BCUT2D eigenvalue weighted by Crippen LogP contribution is -2.20. The second-order valence-corrected chi connectivity index (χ2v) is 5.33. The molecule has 0 amide bonds. The van der Waals surface area contributed by atoms with E-state index in [-0.39, 0.29) is 23.2 Å². The van der Waals surface area contributed by atoms with E-state index in [1.165, 1.54) is 7.11 Å². The maximum atomic E-state index is 11.6. The monoisotopic (exact) mass is 236 g/mol. The second kappa shape index (κ2) is 6.46. The van der Waals surface area contributed by atoms with E-state index in [2.05, 4.69) is 33.1 Å². The molecule has 2 atom stereocenters. The average molecular weight is 236 g/mol. The first-order valence-corrected chi connectivity index (χ1v) is 5.88. The third-order valence-electron chi connectivity index (χ3n) is 3.02. The van der Waals surface area contributed by atoms with Gasteiger partial charge in [0.25, 0.3) is 0 Å². The van der Waals surface area contributed by atoms with Crippen LogP contribution in [0.25, 0.3) is 0 Å². The van der Waals surface area contributed by atoms with Gasteiger partial charge >= 0.3 is 5.97 Å². The van der Waals surface area contributed by atoms with Crippen molar-refractivity contribution in [2.75, 3.05) is 7.11 Å². The van der Waals surface area contributed by atoms with Gasteiger partial charge < -0.3 is 4.74 Å². The summed E-state index contributed by atoms with van der Waals surface area (Å²) in [6.45, 7) is 14.0. The number of carbonyl (C=O) groups is 1. The largest absolute Gasteiger partial charge is 0.469 e. The smallest absolute Gasteiger partial charge is 0.313 e. The Morgan fingerprint density at radius 3 is 2.29 bits per heavy atom. The molecule has 0 aromatic carbocycles. The van der Waals surface area contributed by atoms with Crippen molar-refractivity contribution >= 4 is 5.97 Å². The van der Waals surface area contributed by atoms with Crippen molar-refractivity contribution in [3.63, 3.8) is 0 Å². The normalized spacial score (nSPS) is 14.2. The van der Waals surface area contributed by atoms with Crippen LogP contribution in [0.15, 0.2) is 30.0 Å². The highest BCUT2D eigenvalue weighted by atomic mass is 16.5. The molecule has 2 nitrogen and oxygen atoms in total. The lowest BCUT2D eigenvalue weighted by molar-refractivity contribution is -0.144. The van der Waals surface area contributed by atoms with Crippen LogP contribution in [0.1, 0.15) is 34.6 Å². The Balaban J connectivity index is 5.19. The summed E-state index contributed by atoms with van der Waals surface area (Å²) >= 11 is 0. The zero-order valence-electron chi connectivity index (χ0n) is 11.8. The Labute approximate surface area is 105 Å². The van der Waals surface area contributed by atoms with E-state index in [0.717, 1.165) is 5.57 Å². The number of hydrogen-bond acceptors (Lipinski definition) is 2. The highest BCUT2D eigenvalue weighted by Gasteiger charge is 2.21. The Morgan fingerprint density at radius 1 is 1.41 bits per heavy atom. The van der Waals surface area contributed by atoms with Crippen molar-refractivity contribution in [2.45, 2.75) is 34.6 Å². The molecular weight excluding hydrogens is 212 g/mol. The summed E-state index contributed by atoms with van der Waals surface area (Å²) < 4.78 is 4.79. The summed E-state index contributed by atoms with van der Waals surface area (Å²) in [4.78, 5) is 11.6. The van der Waals surface area contributed by atoms with Crippen LogP contribution in [0.5, 0.6) is 0 Å². The van der Waals surface area contributed by atoms with Crippen LogP contribution < -0.4 is 0 Å². The first-order chi connectivity index (χ1) is 7.73. The summed E-state index contributed by atoms with van der Waals surface area (Å²) in [6, 6.07) is 0. The van der Waals surface area contributed by atoms with Crippen molar-refractivity contribution in [2.24, 2.45) is 17.3 Å². The minimum Gasteiger partial charge on any atom is -0.469 e. The molecule has 2 unspecified atom stereocenters. The molecule has 0 rings (SSSR count). The highest BCUT2D eigenvalue weighted by molar-refractivity contribution is 5.74. The van der Waals surface area contributed by atoms with Crippen LogP contribution >= 0.6 is 0 Å². The molecule has 17 heavy (non-hydrogen) atoms. The van der Waals surface area contributed by atoms with Gasteiger partial charge in [0.05, 0.1) is 13.0 Å². The highest BCUT2D eigenvalue weighted by Crippen LogP contribution is 2.24. The van der Waals surface area contributed by atoms with Crippen LogP contribution in [0.2, 0.25) is 0 Å². The van der Waals surface area contributed by atoms with Gasteiger partial charge in [0, 0.05) is 0 Å². The Morgan fingerprint density at radius 2 is 1.94 bits per heavy atom. The van der Waals surface area contributed by atoms with Gasteiger partial charge in [-0.2, -0.15) is 0 Å². The molecule has 0 bridgehead atoms. The van der Waals surface area contributed by atoms with Crippen LogP contribution in [0.4, 0.5) is 0 Å². The Hall–Kier alpha value is -1.27. The molecule has 0 radical (unpaired) electrons. The third kappa shape index (κ3) is 5.06. The number of carbonyl (C=O) groups excluding carboxylic acids is 1. The first-order valence-electron chi connectivity index (χ1n) is 5.88. The van der Waals surface area contributed by atoms with Crippen molar-refractivity contribution in [1.82, 2.24) is 0 Å². The predicted octanol–water partition coefficient (Wildman–Crippen LogP) is 3.75. The van der Waals surface area contributed by atoms with Crippen LogP contribution in [0.3, 0.4) is 0 Å². The zero-order valence-corrected chi connectivity index (χ0v) is 11.8. The predicted molar refractivity (Wildman–Crippen MR) is 71.6 cm³/mol. The molecule has 96 valence electrons. The number of ether oxygens (including phenoxy) is 1. The average Bonchev–Trinajstić information content (AvgIpc) is 2.26. The summed E-state index contributed by atoms with van der Waals surface area (Å²) in [6.07, 6.45) is 3.55. The molecule has 0 heterocycles. The molecule has 0 aromatic rings. The number of methoxy groups -OCH3 is 1. The van der Waals surface area contributed by atoms with E-state index in [0.29, 0.717) is 0 Å². The van der Waals surface area contributed by atoms with E-state index < -0.39 is 0 Å². The van der Waals surface area contributed by atoms with Gasteiger partial charge in [0.2, 0.25) is 0 Å². The van der Waals surface area contributed by atoms with E-state index >= 15 is 0 Å². The fraction of sp³-hybridized carbons (Fsp3) is 0.600. The standard InChI is InChI=1S/C15H24O2/c1-8-11(2)13(14(16)17-7)10-9-12(3)15(4,5)6/h8,10-11,13H,1H2,2-7H3. The molecular formula is C15H24O2. The van der Waals surface area contributed by atoms with Gasteiger partial charge in [0.1, 0.15) is 0 Å². The fourth-order valence-electron chi connectivity index (χ4n) is 1.15. The Bertz CT molecular complexity index is 338.